The average molecular weight is 266 g/mol. The number of piperidine rings is 1. The first-order valence-corrected chi connectivity index (χ1v) is 7.27. The molecule has 1 saturated heterocycles. The van der Waals surface area contributed by atoms with Crippen LogP contribution in [-0.2, 0) is 19.7 Å². The molecule has 0 amide bonds. The van der Waals surface area contributed by atoms with Crippen LogP contribution in [0.5, 0.6) is 0 Å². The monoisotopic (exact) mass is 266 g/mol. The summed E-state index contributed by atoms with van der Waals surface area (Å²) in [4.78, 5) is 0. The predicted molar refractivity (Wildman–Crippen MR) is 64.7 cm³/mol. The maximum absolute atomic E-state index is 12.0. The van der Waals surface area contributed by atoms with Gasteiger partial charge in [-0.2, -0.15) is 17.4 Å². The molecule has 102 valence electrons. The Morgan fingerprint density at radius 2 is 2.00 bits per heavy atom. The first-order valence-electron chi connectivity index (χ1n) is 5.83. The highest BCUT2D eigenvalue weighted by Gasteiger charge is 2.29. The normalized spacial score (nSPS) is 23.2. The van der Waals surface area contributed by atoms with Crippen molar-refractivity contribution in [3.8, 4) is 0 Å². The van der Waals surface area contributed by atoms with Gasteiger partial charge in [-0.05, 0) is 19.8 Å². The van der Waals surface area contributed by atoms with E-state index in [1.165, 1.54) is 18.5 Å². The molecule has 0 aromatic heterocycles. The van der Waals surface area contributed by atoms with Gasteiger partial charge < -0.3 is 9.47 Å². The highest BCUT2D eigenvalue weighted by molar-refractivity contribution is 7.87. The van der Waals surface area contributed by atoms with Crippen molar-refractivity contribution in [3.05, 3.63) is 0 Å². The van der Waals surface area contributed by atoms with Gasteiger partial charge in [0, 0.05) is 26.8 Å². The molecule has 0 radical (unpaired) electrons. The van der Waals surface area contributed by atoms with Crippen molar-refractivity contribution >= 4 is 10.2 Å². The van der Waals surface area contributed by atoms with E-state index in [1.807, 2.05) is 6.92 Å². The Hall–Kier alpha value is -0.210. The SMILES string of the molecule is COC(CNS(=O)(=O)N1CCCCC1C)OC. The molecule has 1 heterocycles. The van der Waals surface area contributed by atoms with E-state index in [4.69, 9.17) is 9.47 Å². The number of ether oxygens (including phenoxy) is 2. The number of nitrogens with one attached hydrogen (secondary N) is 1. The third kappa shape index (κ3) is 4.18. The molecule has 17 heavy (non-hydrogen) atoms. The first kappa shape index (κ1) is 14.8. The lowest BCUT2D eigenvalue weighted by Crippen LogP contribution is -2.49. The molecule has 0 aromatic rings. The summed E-state index contributed by atoms with van der Waals surface area (Å²) in [6.45, 7) is 2.64. The van der Waals surface area contributed by atoms with E-state index in [0.717, 1.165) is 19.3 Å². The van der Waals surface area contributed by atoms with Crippen LogP contribution in [0.2, 0.25) is 0 Å². The van der Waals surface area contributed by atoms with Gasteiger partial charge in [0.15, 0.2) is 6.29 Å². The Kier molecular flexibility index (Phi) is 5.81. The van der Waals surface area contributed by atoms with E-state index >= 15 is 0 Å². The van der Waals surface area contributed by atoms with Gasteiger partial charge in [0.1, 0.15) is 0 Å². The standard InChI is InChI=1S/C10H22N2O4S/c1-9-6-4-5-7-12(9)17(13,14)11-8-10(15-2)16-3/h9-11H,4-8H2,1-3H3. The Labute approximate surface area is 103 Å². The van der Waals surface area contributed by atoms with Crippen molar-refractivity contribution in [2.45, 2.75) is 38.5 Å². The molecule has 0 aromatic carbocycles. The van der Waals surface area contributed by atoms with E-state index < -0.39 is 16.5 Å². The zero-order chi connectivity index (χ0) is 12.9. The van der Waals surface area contributed by atoms with Crippen LogP contribution in [0.15, 0.2) is 0 Å². The lowest BCUT2D eigenvalue weighted by Gasteiger charge is -2.32. The van der Waals surface area contributed by atoms with Crippen molar-refractivity contribution in [3.63, 3.8) is 0 Å². The van der Waals surface area contributed by atoms with Gasteiger partial charge in [-0.25, -0.2) is 0 Å². The van der Waals surface area contributed by atoms with E-state index in [2.05, 4.69) is 4.72 Å². The van der Waals surface area contributed by atoms with E-state index in [9.17, 15) is 8.42 Å². The largest absolute Gasteiger partial charge is 0.355 e. The summed E-state index contributed by atoms with van der Waals surface area (Å²) in [7, 11) is -0.468. The first-order chi connectivity index (χ1) is 8.01. The van der Waals surface area contributed by atoms with Crippen LogP contribution in [0.4, 0.5) is 0 Å². The Balaban J connectivity index is 2.55. The predicted octanol–water partition coefficient (Wildman–Crippen LogP) is 0.314. The minimum Gasteiger partial charge on any atom is -0.355 e. The lowest BCUT2D eigenvalue weighted by molar-refractivity contribution is -0.0962. The topological polar surface area (TPSA) is 67.9 Å². The highest BCUT2D eigenvalue weighted by atomic mass is 32.2. The second-order valence-corrected chi connectivity index (χ2v) is 5.92. The summed E-state index contributed by atoms with van der Waals surface area (Å²) in [5.41, 5.74) is 0. The van der Waals surface area contributed by atoms with E-state index in [-0.39, 0.29) is 12.6 Å². The van der Waals surface area contributed by atoms with Crippen LogP contribution in [0, 0.1) is 0 Å². The summed E-state index contributed by atoms with van der Waals surface area (Å²) in [6, 6.07) is 0.0600. The van der Waals surface area contributed by atoms with Crippen molar-refractivity contribution in [1.29, 1.82) is 0 Å². The molecule has 1 rings (SSSR count). The van der Waals surface area contributed by atoms with E-state index in [0.29, 0.717) is 6.54 Å². The summed E-state index contributed by atoms with van der Waals surface area (Å²) in [5, 5.41) is 0. The molecule has 1 N–H and O–H groups in total. The molecule has 1 atom stereocenters. The maximum atomic E-state index is 12.0. The molecule has 1 aliphatic rings. The quantitative estimate of drug-likeness (QED) is 0.703. The van der Waals surface area contributed by atoms with Gasteiger partial charge in [0.25, 0.3) is 10.2 Å². The average Bonchev–Trinajstić information content (AvgIpc) is 2.30. The van der Waals surface area contributed by atoms with Gasteiger partial charge in [0.2, 0.25) is 0 Å². The fraction of sp³-hybridized carbons (Fsp3) is 1.00. The second kappa shape index (κ2) is 6.65. The smallest absolute Gasteiger partial charge is 0.279 e. The van der Waals surface area contributed by atoms with Gasteiger partial charge in [-0.1, -0.05) is 6.42 Å². The molecule has 7 heteroatoms. The Morgan fingerprint density at radius 3 is 2.53 bits per heavy atom. The number of nitrogens with zero attached hydrogens (tertiary/aromatic N) is 1. The van der Waals surface area contributed by atoms with Crippen LogP contribution in [0.3, 0.4) is 0 Å². The number of hydrogen-bond acceptors (Lipinski definition) is 4. The van der Waals surface area contributed by atoms with Crippen LogP contribution in [0.1, 0.15) is 26.2 Å². The number of hydrogen-bond donors (Lipinski definition) is 1. The molecule has 6 nitrogen and oxygen atoms in total. The molecule has 1 fully saturated rings. The minimum absolute atomic E-state index is 0.0600. The molecule has 0 bridgehead atoms. The summed E-state index contributed by atoms with van der Waals surface area (Å²) in [5.74, 6) is 0. The Bertz CT molecular complexity index is 316. The second-order valence-electron chi connectivity index (χ2n) is 4.21. The van der Waals surface area contributed by atoms with Gasteiger partial charge >= 0.3 is 0 Å². The maximum Gasteiger partial charge on any atom is 0.279 e. The summed E-state index contributed by atoms with van der Waals surface area (Å²) in [6.07, 6.45) is 2.37. The van der Waals surface area contributed by atoms with Crippen molar-refractivity contribution < 1.29 is 17.9 Å². The van der Waals surface area contributed by atoms with Crippen LogP contribution >= 0.6 is 0 Å². The van der Waals surface area contributed by atoms with Crippen molar-refractivity contribution in [2.75, 3.05) is 27.3 Å². The van der Waals surface area contributed by atoms with Gasteiger partial charge in [-0.15, -0.1) is 0 Å². The van der Waals surface area contributed by atoms with Crippen molar-refractivity contribution in [2.24, 2.45) is 0 Å². The fourth-order valence-electron chi connectivity index (χ4n) is 1.95. The molecule has 0 saturated carbocycles. The van der Waals surface area contributed by atoms with Gasteiger partial charge in [0.05, 0.1) is 6.54 Å². The molecular weight excluding hydrogens is 244 g/mol. The Morgan fingerprint density at radius 1 is 1.35 bits per heavy atom. The highest BCUT2D eigenvalue weighted by Crippen LogP contribution is 2.18. The third-order valence-corrected chi connectivity index (χ3v) is 4.70. The van der Waals surface area contributed by atoms with Crippen molar-refractivity contribution in [1.82, 2.24) is 9.03 Å². The number of methoxy groups -OCH3 is 2. The zero-order valence-electron chi connectivity index (χ0n) is 10.7. The summed E-state index contributed by atoms with van der Waals surface area (Å²) < 4.78 is 38.0. The van der Waals surface area contributed by atoms with Gasteiger partial charge in [-0.3, -0.25) is 0 Å². The third-order valence-electron chi connectivity index (χ3n) is 3.01. The van der Waals surface area contributed by atoms with Crippen LogP contribution in [-0.4, -0.2) is 52.4 Å². The number of rotatable bonds is 6. The lowest BCUT2D eigenvalue weighted by atomic mass is 10.1. The molecule has 1 unspecified atom stereocenters. The molecular formula is C10H22N2O4S. The van der Waals surface area contributed by atoms with E-state index in [1.54, 1.807) is 0 Å². The molecule has 0 spiro atoms. The summed E-state index contributed by atoms with van der Waals surface area (Å²) >= 11 is 0. The minimum atomic E-state index is -3.42. The van der Waals surface area contributed by atoms with Crippen LogP contribution < -0.4 is 4.72 Å². The zero-order valence-corrected chi connectivity index (χ0v) is 11.5. The van der Waals surface area contributed by atoms with Crippen LogP contribution in [0.25, 0.3) is 0 Å². The molecule has 1 aliphatic heterocycles. The fourth-order valence-corrected chi connectivity index (χ4v) is 3.41. The molecule has 0 aliphatic carbocycles.